The lowest BCUT2D eigenvalue weighted by Crippen LogP contribution is -2.17. The van der Waals surface area contributed by atoms with Crippen molar-refractivity contribution in [2.75, 3.05) is 32.0 Å². The lowest BCUT2D eigenvalue weighted by Gasteiger charge is -2.08. The molecule has 0 saturated carbocycles. The molecule has 3 aromatic carbocycles. The van der Waals surface area contributed by atoms with Gasteiger partial charge in [0.25, 0.3) is 5.91 Å². The van der Waals surface area contributed by atoms with Crippen LogP contribution < -0.4 is 24.8 Å². The third kappa shape index (κ3) is 5.89. The number of hydrogen-bond donors (Lipinski definition) is 2. The van der Waals surface area contributed by atoms with Crippen LogP contribution in [0.4, 0.5) is 11.9 Å². The summed E-state index contributed by atoms with van der Waals surface area (Å²) in [6, 6.07) is 22.2. The number of benzene rings is 3. The van der Waals surface area contributed by atoms with Gasteiger partial charge in [0.1, 0.15) is 17.2 Å². The van der Waals surface area contributed by atoms with Gasteiger partial charge >= 0.3 is 0 Å². The molecule has 0 unspecified atom stereocenters. The van der Waals surface area contributed by atoms with E-state index in [4.69, 9.17) is 14.2 Å². The highest BCUT2D eigenvalue weighted by Crippen LogP contribution is 2.19. The molecule has 0 aliphatic carbocycles. The van der Waals surface area contributed by atoms with Gasteiger partial charge in [-0.1, -0.05) is 30.3 Å². The summed E-state index contributed by atoms with van der Waals surface area (Å²) < 4.78 is 16.9. The second kappa shape index (κ2) is 11.1. The topological polar surface area (TPSA) is 99.5 Å². The van der Waals surface area contributed by atoms with E-state index in [0.29, 0.717) is 36.3 Å². The van der Waals surface area contributed by atoms with E-state index in [2.05, 4.69) is 20.7 Å². The van der Waals surface area contributed by atoms with Crippen molar-refractivity contribution in [3.8, 4) is 17.2 Å². The number of aromatic nitrogens is 3. The Balaban J connectivity index is 1.55. The molecule has 0 bridgehead atoms. The fourth-order valence-electron chi connectivity index (χ4n) is 3.37. The highest BCUT2D eigenvalue weighted by atomic mass is 16.5. The maximum Gasteiger partial charge on any atom is 0.281 e. The summed E-state index contributed by atoms with van der Waals surface area (Å²) in [5.41, 5.74) is 2.46. The van der Waals surface area contributed by atoms with Gasteiger partial charge in [-0.3, -0.25) is 4.79 Å². The average Bonchev–Trinajstić information content (AvgIpc) is 3.34. The van der Waals surface area contributed by atoms with Crippen LogP contribution in [0.25, 0.3) is 0 Å². The van der Waals surface area contributed by atoms with E-state index in [1.807, 2.05) is 48.5 Å². The number of nitrogens with one attached hydrogen (secondary N) is 2. The zero-order valence-electron chi connectivity index (χ0n) is 19.8. The van der Waals surface area contributed by atoms with Crippen LogP contribution >= 0.6 is 0 Å². The summed E-state index contributed by atoms with van der Waals surface area (Å²) in [5.74, 6) is 2.47. The number of rotatable bonds is 10. The molecule has 2 N–H and O–H groups in total. The van der Waals surface area contributed by atoms with Crippen molar-refractivity contribution in [3.63, 3.8) is 0 Å². The standard InChI is InChI=1S/C26H27N5O4/c1-33-21-11-7-18(8-12-21)16-27-25-29-26(28-17-19-9-13-22(34-2)14-10-19)31(30-25)24(32)20-5-4-6-23(15-20)35-3/h4-15H,16-17H2,1-3H3,(H2,27,28,29,30). The molecule has 0 amide bonds. The van der Waals surface area contributed by atoms with Crippen molar-refractivity contribution in [2.45, 2.75) is 13.1 Å². The van der Waals surface area contributed by atoms with Crippen molar-refractivity contribution in [1.82, 2.24) is 14.8 Å². The molecular weight excluding hydrogens is 446 g/mol. The van der Waals surface area contributed by atoms with Crippen LogP contribution in [0.3, 0.4) is 0 Å². The molecule has 4 rings (SSSR count). The first kappa shape index (κ1) is 23.6. The summed E-state index contributed by atoms with van der Waals surface area (Å²) in [6.45, 7) is 0.936. The molecule has 9 heteroatoms. The van der Waals surface area contributed by atoms with Gasteiger partial charge < -0.3 is 24.8 Å². The molecule has 0 atom stereocenters. The summed E-state index contributed by atoms with van der Waals surface area (Å²) in [6.07, 6.45) is 0. The second-order valence-electron chi connectivity index (χ2n) is 7.61. The average molecular weight is 474 g/mol. The zero-order chi connectivity index (χ0) is 24.6. The quantitative estimate of drug-likeness (QED) is 0.353. The Hall–Kier alpha value is -4.53. The molecule has 4 aromatic rings. The van der Waals surface area contributed by atoms with E-state index >= 15 is 0 Å². The molecule has 0 aliphatic rings. The van der Waals surface area contributed by atoms with E-state index in [9.17, 15) is 4.79 Å². The first-order chi connectivity index (χ1) is 17.1. The number of ether oxygens (including phenoxy) is 3. The van der Waals surface area contributed by atoms with E-state index < -0.39 is 0 Å². The molecule has 0 fully saturated rings. The molecular formula is C26H27N5O4. The predicted octanol–water partition coefficient (Wildman–Crippen LogP) is 4.22. The molecule has 0 radical (unpaired) electrons. The van der Waals surface area contributed by atoms with Crippen LogP contribution in [0.15, 0.2) is 72.8 Å². The van der Waals surface area contributed by atoms with Crippen LogP contribution in [0.2, 0.25) is 0 Å². The van der Waals surface area contributed by atoms with Crippen LogP contribution in [-0.4, -0.2) is 42.0 Å². The molecule has 35 heavy (non-hydrogen) atoms. The largest absolute Gasteiger partial charge is 0.497 e. The van der Waals surface area contributed by atoms with Gasteiger partial charge in [0.2, 0.25) is 11.9 Å². The SMILES string of the molecule is COc1ccc(CNc2nc(NCc3ccc(OC)cc3)n(C(=O)c3cccc(OC)c3)n2)cc1. The van der Waals surface area contributed by atoms with Crippen molar-refractivity contribution in [3.05, 3.63) is 89.5 Å². The number of hydrogen-bond acceptors (Lipinski definition) is 8. The Labute approximate surface area is 203 Å². The number of anilines is 2. The number of carbonyl (C=O) groups excluding carboxylic acids is 1. The Morgan fingerprint density at radius 3 is 1.91 bits per heavy atom. The Morgan fingerprint density at radius 1 is 0.771 bits per heavy atom. The van der Waals surface area contributed by atoms with Gasteiger partial charge in [-0.25, -0.2) is 0 Å². The predicted molar refractivity (Wildman–Crippen MR) is 133 cm³/mol. The minimum absolute atomic E-state index is 0.325. The Bertz CT molecular complexity index is 1270. The molecule has 180 valence electrons. The minimum atomic E-state index is -0.328. The van der Waals surface area contributed by atoms with Crippen LogP contribution in [0.5, 0.6) is 17.2 Å². The fourth-order valence-corrected chi connectivity index (χ4v) is 3.37. The number of carbonyl (C=O) groups is 1. The van der Waals surface area contributed by atoms with Gasteiger partial charge in [-0.05, 0) is 53.6 Å². The molecule has 0 saturated heterocycles. The van der Waals surface area contributed by atoms with Crippen LogP contribution in [0.1, 0.15) is 21.5 Å². The van der Waals surface area contributed by atoms with Crippen molar-refractivity contribution in [2.24, 2.45) is 0 Å². The van der Waals surface area contributed by atoms with Crippen LogP contribution in [0, 0.1) is 0 Å². The monoisotopic (exact) mass is 473 g/mol. The van der Waals surface area contributed by atoms with Gasteiger partial charge in [-0.15, -0.1) is 5.10 Å². The van der Waals surface area contributed by atoms with Gasteiger partial charge in [0.15, 0.2) is 0 Å². The summed E-state index contributed by atoms with van der Waals surface area (Å²) in [5, 5.41) is 10.8. The highest BCUT2D eigenvalue weighted by molar-refractivity contribution is 5.97. The van der Waals surface area contributed by atoms with E-state index in [0.717, 1.165) is 22.6 Å². The third-order valence-electron chi connectivity index (χ3n) is 5.34. The zero-order valence-corrected chi connectivity index (χ0v) is 19.8. The summed E-state index contributed by atoms with van der Waals surface area (Å²) in [7, 11) is 4.81. The lowest BCUT2D eigenvalue weighted by molar-refractivity contribution is 0.0947. The van der Waals surface area contributed by atoms with Crippen molar-refractivity contribution in [1.29, 1.82) is 0 Å². The Morgan fingerprint density at radius 2 is 1.34 bits per heavy atom. The van der Waals surface area contributed by atoms with Crippen molar-refractivity contribution < 1.29 is 19.0 Å². The smallest absolute Gasteiger partial charge is 0.281 e. The summed E-state index contributed by atoms with van der Waals surface area (Å²) in [4.78, 5) is 17.8. The maximum absolute atomic E-state index is 13.3. The molecule has 0 aliphatic heterocycles. The summed E-state index contributed by atoms with van der Waals surface area (Å²) >= 11 is 0. The van der Waals surface area contributed by atoms with E-state index in [1.54, 1.807) is 45.6 Å². The number of methoxy groups -OCH3 is 3. The third-order valence-corrected chi connectivity index (χ3v) is 5.34. The van der Waals surface area contributed by atoms with E-state index in [1.165, 1.54) is 4.68 Å². The lowest BCUT2D eigenvalue weighted by atomic mass is 10.2. The van der Waals surface area contributed by atoms with Crippen LogP contribution in [-0.2, 0) is 13.1 Å². The fraction of sp³-hybridized carbons (Fsp3) is 0.192. The molecule has 9 nitrogen and oxygen atoms in total. The maximum atomic E-state index is 13.3. The van der Waals surface area contributed by atoms with Gasteiger partial charge in [-0.2, -0.15) is 9.67 Å². The molecule has 0 spiro atoms. The minimum Gasteiger partial charge on any atom is -0.497 e. The van der Waals surface area contributed by atoms with Gasteiger partial charge in [0, 0.05) is 18.7 Å². The first-order valence-corrected chi connectivity index (χ1v) is 11.0. The first-order valence-electron chi connectivity index (χ1n) is 11.0. The van der Waals surface area contributed by atoms with Crippen molar-refractivity contribution >= 4 is 17.8 Å². The number of nitrogens with zero attached hydrogens (tertiary/aromatic N) is 3. The molecule has 1 aromatic heterocycles. The molecule has 1 heterocycles. The Kier molecular flexibility index (Phi) is 7.47. The van der Waals surface area contributed by atoms with E-state index in [-0.39, 0.29) is 5.91 Å². The van der Waals surface area contributed by atoms with Gasteiger partial charge in [0.05, 0.1) is 21.3 Å². The highest BCUT2D eigenvalue weighted by Gasteiger charge is 2.18. The normalized spacial score (nSPS) is 10.5. The second-order valence-corrected chi connectivity index (χ2v) is 7.61.